The number of amides is 2. The molecule has 0 radical (unpaired) electrons. The third-order valence-electron chi connectivity index (χ3n) is 5.92. The molecule has 1 aliphatic rings. The Hall–Kier alpha value is -2.74. The highest BCUT2D eigenvalue weighted by molar-refractivity contribution is 5.78. The number of fused-ring (bicyclic) bond motifs is 1. The second-order valence-corrected chi connectivity index (χ2v) is 9.58. The number of rotatable bonds is 10. The Bertz CT molecular complexity index is 909. The number of nitrogens with one attached hydrogen (secondary N) is 1. The van der Waals surface area contributed by atoms with Gasteiger partial charge in [0, 0.05) is 32.5 Å². The summed E-state index contributed by atoms with van der Waals surface area (Å²) >= 11 is 0. The molecule has 2 amide bonds. The molecule has 1 aromatic heterocycles. The number of hydrogen-bond acceptors (Lipinski definition) is 5. The summed E-state index contributed by atoms with van der Waals surface area (Å²) < 4.78 is 2.11. The summed E-state index contributed by atoms with van der Waals surface area (Å²) in [7, 11) is 3.76. The van der Waals surface area contributed by atoms with E-state index < -0.39 is 0 Å². The number of carbonyl (C=O) groups is 2. The van der Waals surface area contributed by atoms with E-state index in [0.717, 1.165) is 30.9 Å². The lowest BCUT2D eigenvalue weighted by Crippen LogP contribution is -2.38. The Morgan fingerprint density at radius 2 is 1.85 bits per heavy atom. The Morgan fingerprint density at radius 1 is 1.09 bits per heavy atom. The zero-order valence-electron chi connectivity index (χ0n) is 20.5. The molecule has 1 aromatic carbocycles. The van der Waals surface area contributed by atoms with Crippen LogP contribution in [0.5, 0.6) is 0 Å². The largest absolute Gasteiger partial charge is 0.345 e. The standard InChI is InChI=1S/C25H38N6O2/c1-19(2)17-21(26-23(32)18-29(3)4)25-28-27-22-13-14-30(15-16-31(22)25)24(33)12-8-11-20-9-6-5-7-10-20/h5-7,9-10,19,21H,8,11-18H2,1-4H3,(H,26,32)/t21-/m1/s1. The van der Waals surface area contributed by atoms with E-state index in [0.29, 0.717) is 44.9 Å². The van der Waals surface area contributed by atoms with Gasteiger partial charge in [-0.15, -0.1) is 10.2 Å². The fourth-order valence-electron chi connectivity index (χ4n) is 4.33. The monoisotopic (exact) mass is 454 g/mol. The van der Waals surface area contributed by atoms with Gasteiger partial charge in [-0.1, -0.05) is 44.2 Å². The predicted molar refractivity (Wildman–Crippen MR) is 129 cm³/mol. The molecule has 1 atom stereocenters. The van der Waals surface area contributed by atoms with Crippen molar-refractivity contribution in [3.8, 4) is 0 Å². The molecule has 0 aliphatic carbocycles. The highest BCUT2D eigenvalue weighted by Crippen LogP contribution is 2.22. The molecule has 33 heavy (non-hydrogen) atoms. The fourth-order valence-corrected chi connectivity index (χ4v) is 4.33. The molecular weight excluding hydrogens is 416 g/mol. The van der Waals surface area contributed by atoms with Crippen molar-refractivity contribution in [2.24, 2.45) is 5.92 Å². The Morgan fingerprint density at radius 3 is 2.55 bits per heavy atom. The van der Waals surface area contributed by atoms with E-state index in [1.165, 1.54) is 5.56 Å². The van der Waals surface area contributed by atoms with Crippen molar-refractivity contribution in [2.75, 3.05) is 33.7 Å². The molecule has 8 nitrogen and oxygen atoms in total. The van der Waals surface area contributed by atoms with Crippen LogP contribution < -0.4 is 5.32 Å². The third-order valence-corrected chi connectivity index (χ3v) is 5.92. The SMILES string of the molecule is CC(C)C[C@@H](NC(=O)CN(C)C)c1nnc2n1CCN(C(=O)CCCc1ccccc1)CC2. The van der Waals surface area contributed by atoms with Crippen LogP contribution in [0.2, 0.25) is 0 Å². The minimum absolute atomic E-state index is 0.0214. The zero-order chi connectivity index (χ0) is 23.8. The van der Waals surface area contributed by atoms with Gasteiger partial charge in [0.2, 0.25) is 11.8 Å². The quantitative estimate of drug-likeness (QED) is 0.596. The van der Waals surface area contributed by atoms with Gasteiger partial charge in [0.25, 0.3) is 0 Å². The van der Waals surface area contributed by atoms with Gasteiger partial charge in [0.15, 0.2) is 5.82 Å². The van der Waals surface area contributed by atoms with Gasteiger partial charge in [0.1, 0.15) is 5.82 Å². The lowest BCUT2D eigenvalue weighted by molar-refractivity contribution is -0.131. The van der Waals surface area contributed by atoms with Crippen LogP contribution in [0.25, 0.3) is 0 Å². The summed E-state index contributed by atoms with van der Waals surface area (Å²) in [6.45, 7) is 6.56. The molecule has 0 saturated carbocycles. The van der Waals surface area contributed by atoms with E-state index in [1.807, 2.05) is 42.1 Å². The maximum absolute atomic E-state index is 12.8. The summed E-state index contributed by atoms with van der Waals surface area (Å²) in [6, 6.07) is 10.1. The van der Waals surface area contributed by atoms with E-state index in [-0.39, 0.29) is 17.9 Å². The van der Waals surface area contributed by atoms with Crippen molar-refractivity contribution in [1.82, 2.24) is 29.9 Å². The zero-order valence-corrected chi connectivity index (χ0v) is 20.5. The average Bonchev–Trinajstić information content (AvgIpc) is 3.04. The molecule has 0 bridgehead atoms. The topological polar surface area (TPSA) is 83.4 Å². The lowest BCUT2D eigenvalue weighted by Gasteiger charge is -2.23. The Labute approximate surface area is 197 Å². The van der Waals surface area contributed by atoms with Crippen LogP contribution >= 0.6 is 0 Å². The second-order valence-electron chi connectivity index (χ2n) is 9.58. The van der Waals surface area contributed by atoms with Crippen LogP contribution in [0.1, 0.15) is 56.4 Å². The van der Waals surface area contributed by atoms with Gasteiger partial charge in [-0.3, -0.25) is 9.59 Å². The van der Waals surface area contributed by atoms with Gasteiger partial charge in [0.05, 0.1) is 12.6 Å². The van der Waals surface area contributed by atoms with E-state index >= 15 is 0 Å². The fraction of sp³-hybridized carbons (Fsp3) is 0.600. The number of carbonyl (C=O) groups excluding carboxylic acids is 2. The lowest BCUT2D eigenvalue weighted by atomic mass is 10.0. The molecule has 3 rings (SSSR count). The van der Waals surface area contributed by atoms with Crippen molar-refractivity contribution >= 4 is 11.8 Å². The number of aromatic nitrogens is 3. The molecule has 0 saturated heterocycles. The smallest absolute Gasteiger partial charge is 0.234 e. The second kappa shape index (κ2) is 11.9. The van der Waals surface area contributed by atoms with Crippen molar-refractivity contribution in [2.45, 2.75) is 58.5 Å². The first-order chi connectivity index (χ1) is 15.8. The summed E-state index contributed by atoms with van der Waals surface area (Å²) in [6.07, 6.45) is 3.79. The van der Waals surface area contributed by atoms with E-state index in [4.69, 9.17) is 0 Å². The van der Waals surface area contributed by atoms with Crippen LogP contribution in [0, 0.1) is 5.92 Å². The highest BCUT2D eigenvalue weighted by Gasteiger charge is 2.27. The van der Waals surface area contributed by atoms with Crippen LogP contribution in [-0.2, 0) is 29.0 Å². The summed E-state index contributed by atoms with van der Waals surface area (Å²) in [5.41, 5.74) is 1.27. The number of aryl methyl sites for hydroxylation is 1. The minimum Gasteiger partial charge on any atom is -0.345 e. The van der Waals surface area contributed by atoms with Crippen LogP contribution in [0.4, 0.5) is 0 Å². The summed E-state index contributed by atoms with van der Waals surface area (Å²) in [5, 5.41) is 12.0. The molecule has 1 aliphatic heterocycles. The Balaban J connectivity index is 1.61. The maximum Gasteiger partial charge on any atom is 0.234 e. The van der Waals surface area contributed by atoms with Gasteiger partial charge < -0.3 is 19.7 Å². The summed E-state index contributed by atoms with van der Waals surface area (Å²) in [5.74, 6) is 2.26. The first-order valence-electron chi connectivity index (χ1n) is 12.0. The molecule has 2 aromatic rings. The van der Waals surface area contributed by atoms with Gasteiger partial charge >= 0.3 is 0 Å². The number of nitrogens with zero attached hydrogens (tertiary/aromatic N) is 5. The molecule has 2 heterocycles. The maximum atomic E-state index is 12.8. The summed E-state index contributed by atoms with van der Waals surface area (Å²) in [4.78, 5) is 29.1. The number of likely N-dealkylation sites (N-methyl/N-ethyl adjacent to an activating group) is 1. The predicted octanol–water partition coefficient (Wildman–Crippen LogP) is 2.45. The molecular formula is C25H38N6O2. The van der Waals surface area contributed by atoms with Gasteiger partial charge in [-0.05, 0) is 44.8 Å². The van der Waals surface area contributed by atoms with Crippen molar-refractivity contribution < 1.29 is 9.59 Å². The Kier molecular flexibility index (Phi) is 9.00. The normalized spacial score (nSPS) is 14.8. The first-order valence-corrected chi connectivity index (χ1v) is 12.0. The number of benzene rings is 1. The average molecular weight is 455 g/mol. The van der Waals surface area contributed by atoms with Crippen molar-refractivity contribution in [3.63, 3.8) is 0 Å². The molecule has 1 N–H and O–H groups in total. The van der Waals surface area contributed by atoms with E-state index in [1.54, 1.807) is 0 Å². The third kappa shape index (κ3) is 7.39. The van der Waals surface area contributed by atoms with Crippen molar-refractivity contribution in [1.29, 1.82) is 0 Å². The van der Waals surface area contributed by atoms with E-state index in [9.17, 15) is 9.59 Å². The highest BCUT2D eigenvalue weighted by atomic mass is 16.2. The molecule has 8 heteroatoms. The van der Waals surface area contributed by atoms with Crippen molar-refractivity contribution in [3.05, 3.63) is 47.5 Å². The number of hydrogen-bond donors (Lipinski definition) is 1. The minimum atomic E-state index is -0.188. The molecule has 180 valence electrons. The van der Waals surface area contributed by atoms with Gasteiger partial charge in [-0.25, -0.2) is 0 Å². The molecule has 0 fully saturated rings. The first kappa shape index (κ1) is 24.9. The molecule has 0 spiro atoms. The van der Waals surface area contributed by atoms with Gasteiger partial charge in [-0.2, -0.15) is 0 Å². The van der Waals surface area contributed by atoms with Crippen LogP contribution in [-0.4, -0.2) is 70.1 Å². The van der Waals surface area contributed by atoms with E-state index in [2.05, 4.69) is 46.1 Å². The van der Waals surface area contributed by atoms with Crippen LogP contribution in [0.3, 0.4) is 0 Å². The molecule has 0 unspecified atom stereocenters. The van der Waals surface area contributed by atoms with Crippen LogP contribution in [0.15, 0.2) is 30.3 Å².